The Morgan fingerprint density at radius 2 is 1.80 bits per heavy atom. The van der Waals surface area contributed by atoms with Crippen LogP contribution in [0.5, 0.6) is 0 Å². The van der Waals surface area contributed by atoms with Crippen LogP contribution in [-0.4, -0.2) is 66.9 Å². The average molecular weight is 358 g/mol. The Balaban J connectivity index is 2.34. The number of amides is 2. The minimum Gasteiger partial charge on any atom is -0.464 e. The van der Waals surface area contributed by atoms with Crippen LogP contribution < -0.4 is 5.32 Å². The van der Waals surface area contributed by atoms with E-state index in [1.165, 1.54) is 0 Å². The topological polar surface area (TPSA) is 94.2 Å². The molecule has 1 atom stereocenters. The lowest BCUT2D eigenvalue weighted by molar-refractivity contribution is -0.152. The molecule has 0 aromatic rings. The molecule has 25 heavy (non-hydrogen) atoms. The van der Waals surface area contributed by atoms with E-state index in [1.54, 1.807) is 39.5 Å². The molecule has 0 aromatic heterocycles. The van der Waals surface area contributed by atoms with Crippen LogP contribution in [0.2, 0.25) is 0 Å². The molecule has 1 fully saturated rings. The Bertz CT molecular complexity index is 466. The minimum absolute atomic E-state index is 0.0664. The summed E-state index contributed by atoms with van der Waals surface area (Å²) in [6.07, 6.45) is 0.609. The molecule has 1 aliphatic rings. The van der Waals surface area contributed by atoms with Gasteiger partial charge in [-0.25, -0.2) is 9.59 Å². The Morgan fingerprint density at radius 3 is 2.32 bits per heavy atom. The second-order valence-electron chi connectivity index (χ2n) is 7.01. The highest BCUT2D eigenvalue weighted by Gasteiger charge is 2.28. The number of alkyl carbamates (subject to hydrolysis) is 1. The van der Waals surface area contributed by atoms with Gasteiger partial charge in [-0.1, -0.05) is 0 Å². The van der Waals surface area contributed by atoms with E-state index >= 15 is 0 Å². The molecule has 2 amide bonds. The van der Waals surface area contributed by atoms with E-state index < -0.39 is 17.7 Å². The monoisotopic (exact) mass is 358 g/mol. The molecule has 0 aromatic carbocycles. The molecule has 0 aliphatic carbocycles. The fraction of sp³-hybridized carbons (Fsp3) is 0.824. The molecule has 8 heteroatoms. The van der Waals surface area contributed by atoms with Gasteiger partial charge < -0.3 is 24.4 Å². The maximum absolute atomic E-state index is 12.4. The van der Waals surface area contributed by atoms with Gasteiger partial charge in [0.2, 0.25) is 5.91 Å². The maximum atomic E-state index is 12.4. The normalized spacial score (nSPS) is 16.9. The van der Waals surface area contributed by atoms with Crippen molar-refractivity contribution in [3.8, 4) is 0 Å². The SMILES string of the molecule is CCOC(=O)COC1CCN(C(=O)C(C)NC(=O)OC(C)(C)C)CC1. The van der Waals surface area contributed by atoms with Crippen molar-refractivity contribution in [3.05, 3.63) is 0 Å². The van der Waals surface area contributed by atoms with E-state index in [2.05, 4.69) is 5.32 Å². The van der Waals surface area contributed by atoms with Crippen molar-refractivity contribution >= 4 is 18.0 Å². The number of hydrogen-bond acceptors (Lipinski definition) is 6. The van der Waals surface area contributed by atoms with Crippen molar-refractivity contribution in [2.75, 3.05) is 26.3 Å². The number of nitrogens with zero attached hydrogens (tertiary/aromatic N) is 1. The lowest BCUT2D eigenvalue weighted by Crippen LogP contribution is -2.51. The largest absolute Gasteiger partial charge is 0.464 e. The molecule has 0 bridgehead atoms. The Labute approximate surface area is 149 Å². The molecular formula is C17H30N2O6. The molecule has 1 saturated heterocycles. The third-order valence-corrected chi connectivity index (χ3v) is 3.60. The van der Waals surface area contributed by atoms with Crippen LogP contribution in [0.4, 0.5) is 4.79 Å². The van der Waals surface area contributed by atoms with E-state index in [0.29, 0.717) is 32.5 Å². The molecule has 0 radical (unpaired) electrons. The van der Waals surface area contributed by atoms with E-state index in [1.807, 2.05) is 0 Å². The van der Waals surface area contributed by atoms with Gasteiger partial charge in [-0.15, -0.1) is 0 Å². The van der Waals surface area contributed by atoms with E-state index in [9.17, 15) is 14.4 Å². The Morgan fingerprint density at radius 1 is 1.20 bits per heavy atom. The summed E-state index contributed by atoms with van der Waals surface area (Å²) in [5, 5.41) is 2.55. The van der Waals surface area contributed by atoms with Crippen LogP contribution >= 0.6 is 0 Å². The number of piperidine rings is 1. The predicted octanol–water partition coefficient (Wildman–Crippen LogP) is 1.47. The molecule has 0 saturated carbocycles. The number of carbonyl (C=O) groups excluding carboxylic acids is 3. The van der Waals surface area contributed by atoms with E-state index in [4.69, 9.17) is 14.2 Å². The number of ether oxygens (including phenoxy) is 3. The van der Waals surface area contributed by atoms with Crippen molar-refractivity contribution in [1.29, 1.82) is 0 Å². The summed E-state index contributed by atoms with van der Waals surface area (Å²) in [6, 6.07) is -0.660. The molecule has 1 unspecified atom stereocenters. The molecule has 1 heterocycles. The fourth-order valence-corrected chi connectivity index (χ4v) is 2.45. The molecular weight excluding hydrogens is 328 g/mol. The molecule has 0 spiro atoms. The summed E-state index contributed by atoms with van der Waals surface area (Å²) in [6.45, 7) is 9.98. The number of rotatable bonds is 6. The van der Waals surface area contributed by atoms with Crippen molar-refractivity contribution in [2.24, 2.45) is 0 Å². The molecule has 144 valence electrons. The van der Waals surface area contributed by atoms with Crippen LogP contribution in [0, 0.1) is 0 Å². The summed E-state index contributed by atoms with van der Waals surface area (Å²) < 4.78 is 15.5. The summed E-state index contributed by atoms with van der Waals surface area (Å²) in [5.41, 5.74) is -0.610. The number of hydrogen-bond donors (Lipinski definition) is 1. The maximum Gasteiger partial charge on any atom is 0.408 e. The summed E-state index contributed by atoms with van der Waals surface area (Å²) in [5.74, 6) is -0.536. The van der Waals surface area contributed by atoms with Crippen molar-refractivity contribution in [2.45, 2.75) is 65.2 Å². The van der Waals surface area contributed by atoms with Gasteiger partial charge in [0.05, 0.1) is 12.7 Å². The van der Waals surface area contributed by atoms with E-state index in [-0.39, 0.29) is 24.6 Å². The Kier molecular flexibility index (Phi) is 8.15. The second-order valence-corrected chi connectivity index (χ2v) is 7.01. The average Bonchev–Trinajstić information content (AvgIpc) is 2.51. The van der Waals surface area contributed by atoms with Gasteiger partial charge in [0, 0.05) is 13.1 Å². The number of carbonyl (C=O) groups is 3. The van der Waals surface area contributed by atoms with Crippen LogP contribution in [0.1, 0.15) is 47.5 Å². The zero-order valence-electron chi connectivity index (χ0n) is 15.8. The Hall–Kier alpha value is -1.83. The lowest BCUT2D eigenvalue weighted by atomic mass is 10.1. The van der Waals surface area contributed by atoms with Crippen LogP contribution in [0.3, 0.4) is 0 Å². The highest BCUT2D eigenvalue weighted by atomic mass is 16.6. The second kappa shape index (κ2) is 9.60. The molecule has 1 N–H and O–H groups in total. The van der Waals surface area contributed by atoms with Gasteiger partial charge in [0.15, 0.2) is 0 Å². The highest BCUT2D eigenvalue weighted by Crippen LogP contribution is 2.15. The summed E-state index contributed by atoms with van der Waals surface area (Å²) >= 11 is 0. The van der Waals surface area contributed by atoms with Crippen molar-refractivity contribution in [1.82, 2.24) is 10.2 Å². The lowest BCUT2D eigenvalue weighted by Gasteiger charge is -2.33. The highest BCUT2D eigenvalue weighted by molar-refractivity contribution is 5.85. The first-order valence-electron chi connectivity index (χ1n) is 8.68. The number of esters is 1. The first kappa shape index (κ1) is 21.2. The number of nitrogens with one attached hydrogen (secondary N) is 1. The summed E-state index contributed by atoms with van der Waals surface area (Å²) in [7, 11) is 0. The van der Waals surface area contributed by atoms with Gasteiger partial charge in [-0.3, -0.25) is 4.79 Å². The van der Waals surface area contributed by atoms with Gasteiger partial charge in [-0.2, -0.15) is 0 Å². The van der Waals surface area contributed by atoms with Crippen molar-refractivity contribution in [3.63, 3.8) is 0 Å². The minimum atomic E-state index is -0.660. The predicted molar refractivity (Wildman–Crippen MR) is 91.0 cm³/mol. The standard InChI is InChI=1S/C17H30N2O6/c1-6-23-14(20)11-24-13-7-9-19(10-8-13)15(21)12(2)18-16(22)25-17(3,4)5/h12-13H,6-11H2,1-5H3,(H,18,22). The van der Waals surface area contributed by atoms with Gasteiger partial charge >= 0.3 is 12.1 Å². The third kappa shape index (κ3) is 8.20. The van der Waals surface area contributed by atoms with Crippen LogP contribution in [-0.2, 0) is 23.8 Å². The van der Waals surface area contributed by atoms with Crippen molar-refractivity contribution < 1.29 is 28.6 Å². The van der Waals surface area contributed by atoms with Gasteiger partial charge in [-0.05, 0) is 47.5 Å². The van der Waals surface area contributed by atoms with Crippen LogP contribution in [0.15, 0.2) is 0 Å². The zero-order valence-corrected chi connectivity index (χ0v) is 15.8. The molecule has 8 nitrogen and oxygen atoms in total. The van der Waals surface area contributed by atoms with Gasteiger partial charge in [0.1, 0.15) is 18.2 Å². The fourth-order valence-electron chi connectivity index (χ4n) is 2.45. The zero-order chi connectivity index (χ0) is 19.0. The first-order chi connectivity index (χ1) is 11.6. The van der Waals surface area contributed by atoms with Crippen LogP contribution in [0.25, 0.3) is 0 Å². The number of likely N-dealkylation sites (tertiary alicyclic amines) is 1. The summed E-state index contributed by atoms with van der Waals surface area (Å²) in [4.78, 5) is 37.1. The molecule has 1 aliphatic heterocycles. The smallest absolute Gasteiger partial charge is 0.408 e. The van der Waals surface area contributed by atoms with Gasteiger partial charge in [0.25, 0.3) is 0 Å². The quantitative estimate of drug-likeness (QED) is 0.723. The first-order valence-corrected chi connectivity index (χ1v) is 8.68. The third-order valence-electron chi connectivity index (χ3n) is 3.60. The molecule has 1 rings (SSSR count). The van der Waals surface area contributed by atoms with E-state index in [0.717, 1.165) is 0 Å².